The van der Waals surface area contributed by atoms with Gasteiger partial charge in [0, 0.05) is 21.6 Å². The van der Waals surface area contributed by atoms with Crippen molar-refractivity contribution in [2.45, 2.75) is 38.5 Å². The molecule has 3 rings (SSSR count). The number of hydrogen-bond acceptors (Lipinski definition) is 5. The van der Waals surface area contributed by atoms with Crippen molar-refractivity contribution >= 4 is 17.4 Å². The topological polar surface area (TPSA) is 124 Å². The Hall–Kier alpha value is -3.42. The lowest BCUT2D eigenvalue weighted by Gasteiger charge is -2.42. The predicted molar refractivity (Wildman–Crippen MR) is 103 cm³/mol. The van der Waals surface area contributed by atoms with Crippen LogP contribution in [0.1, 0.15) is 53.1 Å². The van der Waals surface area contributed by atoms with Crippen LogP contribution in [0.15, 0.2) is 41.5 Å². The molecule has 9 heteroatoms. The number of nitrogens with one attached hydrogen (secondary N) is 1. The van der Waals surface area contributed by atoms with E-state index in [4.69, 9.17) is 10.3 Å². The van der Waals surface area contributed by atoms with Crippen molar-refractivity contribution in [1.82, 2.24) is 5.32 Å². The van der Waals surface area contributed by atoms with E-state index in [2.05, 4.69) is 15.3 Å². The molecule has 0 saturated carbocycles. The summed E-state index contributed by atoms with van der Waals surface area (Å²) in [6.07, 6.45) is -1.15. The Labute approximate surface area is 165 Å². The largest absolute Gasteiger partial charge is 0.485 e. The number of ketones is 1. The molecule has 0 saturated heterocycles. The number of ether oxygens (including phenoxy) is 1. The average molecular weight is 398 g/mol. The third kappa shape index (κ3) is 3.91. The fraction of sp³-hybridized carbons (Fsp3) is 0.300. The SMILES string of the molecule is CC(=O)c1ccc2c(c1)[C@@H](NC(=O)c1ccc(F)cc1N=[N+]=[N-])[C@H](O)C(C)(C)O2. The number of benzene rings is 2. The molecule has 8 nitrogen and oxygen atoms in total. The van der Waals surface area contributed by atoms with Crippen molar-refractivity contribution in [2.75, 3.05) is 0 Å². The molecule has 2 aromatic rings. The molecule has 0 spiro atoms. The summed E-state index contributed by atoms with van der Waals surface area (Å²) in [7, 11) is 0. The van der Waals surface area contributed by atoms with Gasteiger partial charge in [-0.05, 0) is 62.7 Å². The molecular weight excluding hydrogens is 379 g/mol. The summed E-state index contributed by atoms with van der Waals surface area (Å²) in [6, 6.07) is 7.07. The smallest absolute Gasteiger partial charge is 0.252 e. The number of halogens is 1. The molecule has 0 fully saturated rings. The van der Waals surface area contributed by atoms with Crippen LogP contribution in [0.2, 0.25) is 0 Å². The van der Waals surface area contributed by atoms with Gasteiger partial charge in [0.2, 0.25) is 0 Å². The summed E-state index contributed by atoms with van der Waals surface area (Å²) < 4.78 is 19.3. The van der Waals surface area contributed by atoms with Crippen molar-refractivity contribution in [2.24, 2.45) is 5.11 Å². The van der Waals surface area contributed by atoms with Gasteiger partial charge in [-0.15, -0.1) is 0 Å². The van der Waals surface area contributed by atoms with Gasteiger partial charge < -0.3 is 15.2 Å². The molecule has 2 N–H and O–H groups in total. The monoisotopic (exact) mass is 398 g/mol. The summed E-state index contributed by atoms with van der Waals surface area (Å²) >= 11 is 0. The zero-order valence-electron chi connectivity index (χ0n) is 16.0. The van der Waals surface area contributed by atoms with Gasteiger partial charge in [-0.2, -0.15) is 0 Å². The highest BCUT2D eigenvalue weighted by molar-refractivity contribution is 5.99. The Balaban J connectivity index is 2.04. The number of rotatable bonds is 4. The lowest BCUT2D eigenvalue weighted by molar-refractivity contribution is -0.0627. The molecule has 150 valence electrons. The van der Waals surface area contributed by atoms with Crippen molar-refractivity contribution in [3.63, 3.8) is 0 Å². The van der Waals surface area contributed by atoms with E-state index in [1.807, 2.05) is 0 Å². The molecule has 1 aliphatic rings. The number of amides is 1. The maximum absolute atomic E-state index is 13.5. The summed E-state index contributed by atoms with van der Waals surface area (Å²) in [5, 5.41) is 16.9. The minimum absolute atomic E-state index is 0.0510. The van der Waals surface area contributed by atoms with Crippen LogP contribution in [-0.4, -0.2) is 28.5 Å². The van der Waals surface area contributed by atoms with E-state index in [-0.39, 0.29) is 17.0 Å². The molecule has 2 aromatic carbocycles. The number of aliphatic hydroxyl groups is 1. The molecule has 1 aliphatic heterocycles. The van der Waals surface area contributed by atoms with E-state index >= 15 is 0 Å². The molecular formula is C20H19FN4O4. The highest BCUT2D eigenvalue weighted by Crippen LogP contribution is 2.40. The second-order valence-corrected chi connectivity index (χ2v) is 7.26. The summed E-state index contributed by atoms with van der Waals surface area (Å²) in [5.74, 6) is -1.09. The fourth-order valence-corrected chi connectivity index (χ4v) is 3.22. The van der Waals surface area contributed by atoms with Crippen molar-refractivity contribution in [3.05, 3.63) is 69.3 Å². The molecule has 1 heterocycles. The number of hydrogen-bond donors (Lipinski definition) is 2. The maximum atomic E-state index is 13.5. The van der Waals surface area contributed by atoms with Crippen LogP contribution in [0, 0.1) is 5.82 Å². The lowest BCUT2D eigenvalue weighted by atomic mass is 9.85. The Bertz CT molecular complexity index is 1050. The van der Waals surface area contributed by atoms with Gasteiger partial charge >= 0.3 is 0 Å². The van der Waals surface area contributed by atoms with E-state index in [0.29, 0.717) is 16.9 Å². The van der Waals surface area contributed by atoms with Gasteiger partial charge in [0.05, 0.1) is 11.7 Å². The van der Waals surface area contributed by atoms with E-state index in [1.165, 1.54) is 13.0 Å². The van der Waals surface area contributed by atoms with Gasteiger partial charge in [-0.25, -0.2) is 4.39 Å². The van der Waals surface area contributed by atoms with Crippen LogP contribution < -0.4 is 10.1 Å². The molecule has 0 aromatic heterocycles. The number of azide groups is 1. The van der Waals surface area contributed by atoms with E-state index < -0.39 is 29.5 Å². The second kappa shape index (κ2) is 7.54. The van der Waals surface area contributed by atoms with Crippen LogP contribution in [0.5, 0.6) is 5.75 Å². The first-order chi connectivity index (χ1) is 13.6. The minimum Gasteiger partial charge on any atom is -0.485 e. The lowest BCUT2D eigenvalue weighted by Crippen LogP contribution is -2.53. The van der Waals surface area contributed by atoms with Crippen LogP contribution in [0.25, 0.3) is 10.4 Å². The van der Waals surface area contributed by atoms with Crippen LogP contribution in [-0.2, 0) is 0 Å². The van der Waals surface area contributed by atoms with Crippen molar-refractivity contribution in [1.29, 1.82) is 0 Å². The minimum atomic E-state index is -1.15. The maximum Gasteiger partial charge on any atom is 0.252 e. The fourth-order valence-electron chi connectivity index (χ4n) is 3.22. The molecule has 0 aliphatic carbocycles. The molecule has 2 atom stereocenters. The van der Waals surface area contributed by atoms with Crippen LogP contribution >= 0.6 is 0 Å². The molecule has 0 bridgehead atoms. The predicted octanol–water partition coefficient (Wildman–Crippen LogP) is 3.97. The first-order valence-electron chi connectivity index (χ1n) is 8.81. The number of carbonyl (C=O) groups excluding carboxylic acids is 2. The normalized spacial score (nSPS) is 19.3. The number of fused-ring (bicyclic) bond motifs is 1. The Kier molecular flexibility index (Phi) is 5.28. The Morgan fingerprint density at radius 1 is 1.28 bits per heavy atom. The van der Waals surface area contributed by atoms with Crippen molar-refractivity contribution in [3.8, 4) is 5.75 Å². The summed E-state index contributed by atoms with van der Waals surface area (Å²) in [6.45, 7) is 4.74. The van der Waals surface area contributed by atoms with Gasteiger partial charge in [-0.1, -0.05) is 5.11 Å². The summed E-state index contributed by atoms with van der Waals surface area (Å²) in [5.41, 5.74) is 8.25. The Morgan fingerprint density at radius 3 is 2.66 bits per heavy atom. The van der Waals surface area contributed by atoms with E-state index in [9.17, 15) is 19.1 Å². The highest BCUT2D eigenvalue weighted by atomic mass is 19.1. The number of nitrogens with zero attached hydrogens (tertiary/aromatic N) is 3. The zero-order chi connectivity index (χ0) is 21.3. The molecule has 0 unspecified atom stereocenters. The zero-order valence-corrected chi connectivity index (χ0v) is 16.0. The number of carbonyl (C=O) groups is 2. The third-order valence-corrected chi connectivity index (χ3v) is 4.80. The second-order valence-electron chi connectivity index (χ2n) is 7.26. The average Bonchev–Trinajstić information content (AvgIpc) is 2.65. The first-order valence-corrected chi connectivity index (χ1v) is 8.81. The van der Waals surface area contributed by atoms with Gasteiger partial charge in [-0.3, -0.25) is 9.59 Å². The Morgan fingerprint density at radius 2 is 2.00 bits per heavy atom. The van der Waals surface area contributed by atoms with Crippen LogP contribution in [0.3, 0.4) is 0 Å². The summed E-state index contributed by atoms with van der Waals surface area (Å²) in [4.78, 5) is 27.2. The standard InChI is InChI=1S/C20H19FN4O4/c1-10(26)11-4-7-16-14(8-11)17(18(27)20(2,3)29-16)23-19(28)13-6-5-12(21)9-15(13)24-25-22/h4-9,17-18,27H,1-3H3,(H,23,28)/t17-,18+/m1/s1. The molecule has 0 radical (unpaired) electrons. The molecule has 1 amide bonds. The third-order valence-electron chi connectivity index (χ3n) is 4.80. The van der Waals surface area contributed by atoms with E-state index in [0.717, 1.165) is 12.1 Å². The van der Waals surface area contributed by atoms with Gasteiger partial charge in [0.25, 0.3) is 5.91 Å². The first kappa shape index (κ1) is 20.3. The molecule has 29 heavy (non-hydrogen) atoms. The van der Waals surface area contributed by atoms with Gasteiger partial charge in [0.1, 0.15) is 23.3 Å². The van der Waals surface area contributed by atoms with Crippen molar-refractivity contribution < 1.29 is 23.8 Å². The van der Waals surface area contributed by atoms with Crippen LogP contribution in [0.4, 0.5) is 10.1 Å². The number of aliphatic hydroxyl groups excluding tert-OH is 1. The highest BCUT2D eigenvalue weighted by Gasteiger charge is 2.44. The number of Topliss-reactive ketones (excluding diaryl/α,β-unsaturated/α-hetero) is 1. The quantitative estimate of drug-likeness (QED) is 0.350. The van der Waals surface area contributed by atoms with Gasteiger partial charge in [0.15, 0.2) is 5.78 Å². The van der Waals surface area contributed by atoms with E-state index in [1.54, 1.807) is 32.0 Å².